The summed E-state index contributed by atoms with van der Waals surface area (Å²) in [5.74, 6) is 0.510. The fourth-order valence-corrected chi connectivity index (χ4v) is 1.70. The zero-order chi connectivity index (χ0) is 15.0. The maximum atomic E-state index is 13.0. The van der Waals surface area contributed by atoms with Crippen molar-refractivity contribution in [3.63, 3.8) is 0 Å². The highest BCUT2D eigenvalue weighted by Gasteiger charge is 2.02. The molecule has 20 heavy (non-hydrogen) atoms. The van der Waals surface area contributed by atoms with Gasteiger partial charge >= 0.3 is 0 Å². The minimum Gasteiger partial charge on any atom is -0.489 e. The molecule has 0 amide bonds. The molecule has 1 aromatic rings. The molecule has 0 aliphatic rings. The van der Waals surface area contributed by atoms with Crippen LogP contribution in [0.15, 0.2) is 65.2 Å². The van der Waals surface area contributed by atoms with Crippen LogP contribution in [-0.4, -0.2) is 0 Å². The average Bonchev–Trinajstić information content (AvgIpc) is 2.43. The predicted octanol–water partition coefficient (Wildman–Crippen LogP) is 5.71. The standard InChI is InChI=1S/C18H23FO/c1-5-14(2)11-18(15(3)12-16(4)19)20-13-17-9-7-6-8-10-17/h6-12H,5,13H2,1-4H3/b14-11+,16-12+,18-15+. The van der Waals surface area contributed by atoms with Crippen molar-refractivity contribution in [2.75, 3.05) is 0 Å². The van der Waals surface area contributed by atoms with E-state index in [1.807, 2.05) is 50.3 Å². The summed E-state index contributed by atoms with van der Waals surface area (Å²) in [4.78, 5) is 0. The van der Waals surface area contributed by atoms with Crippen LogP contribution in [0.2, 0.25) is 0 Å². The summed E-state index contributed by atoms with van der Waals surface area (Å²) in [6.45, 7) is 7.93. The lowest BCUT2D eigenvalue weighted by Gasteiger charge is -2.11. The van der Waals surface area contributed by atoms with Gasteiger partial charge in [-0.1, -0.05) is 42.8 Å². The summed E-state index contributed by atoms with van der Waals surface area (Å²) in [6, 6.07) is 9.96. The molecule has 0 saturated heterocycles. The lowest BCUT2D eigenvalue weighted by atomic mass is 10.1. The Labute approximate surface area is 121 Å². The highest BCUT2D eigenvalue weighted by Crippen LogP contribution is 2.17. The van der Waals surface area contributed by atoms with Crippen LogP contribution in [0.5, 0.6) is 0 Å². The fourth-order valence-electron chi connectivity index (χ4n) is 1.70. The summed E-state index contributed by atoms with van der Waals surface area (Å²) in [6.07, 6.45) is 4.43. The fraction of sp³-hybridized carbons (Fsp3) is 0.333. The second kappa shape index (κ2) is 8.36. The van der Waals surface area contributed by atoms with Crippen molar-refractivity contribution in [3.8, 4) is 0 Å². The Morgan fingerprint density at radius 2 is 1.75 bits per heavy atom. The Bertz CT molecular complexity index is 505. The zero-order valence-corrected chi connectivity index (χ0v) is 12.7. The molecule has 0 heterocycles. The van der Waals surface area contributed by atoms with Gasteiger partial charge in [0.1, 0.15) is 12.4 Å². The van der Waals surface area contributed by atoms with Crippen LogP contribution in [0.4, 0.5) is 4.39 Å². The molecule has 0 aliphatic carbocycles. The highest BCUT2D eigenvalue weighted by atomic mass is 19.1. The Hall–Kier alpha value is -1.83. The number of benzene rings is 1. The molecule has 1 nitrogen and oxygen atoms in total. The van der Waals surface area contributed by atoms with Gasteiger partial charge in [0.15, 0.2) is 0 Å². The topological polar surface area (TPSA) is 9.23 Å². The zero-order valence-electron chi connectivity index (χ0n) is 12.7. The van der Waals surface area contributed by atoms with Crippen LogP contribution in [0.1, 0.15) is 39.7 Å². The van der Waals surface area contributed by atoms with Gasteiger partial charge in [-0.05, 0) is 50.5 Å². The number of rotatable bonds is 6. The van der Waals surface area contributed by atoms with E-state index < -0.39 is 0 Å². The van der Waals surface area contributed by atoms with E-state index in [0.29, 0.717) is 6.61 Å². The molecule has 0 spiro atoms. The molecule has 0 atom stereocenters. The molecular formula is C18H23FO. The van der Waals surface area contributed by atoms with Crippen molar-refractivity contribution < 1.29 is 9.13 Å². The van der Waals surface area contributed by atoms with Crippen molar-refractivity contribution >= 4 is 0 Å². The van der Waals surface area contributed by atoms with Crippen molar-refractivity contribution in [1.82, 2.24) is 0 Å². The van der Waals surface area contributed by atoms with Gasteiger partial charge in [-0.3, -0.25) is 0 Å². The summed E-state index contributed by atoms with van der Waals surface area (Å²) in [5, 5.41) is 0. The number of hydrogen-bond donors (Lipinski definition) is 0. The van der Waals surface area contributed by atoms with Gasteiger partial charge < -0.3 is 4.74 Å². The molecule has 2 heteroatoms. The maximum Gasteiger partial charge on any atom is 0.122 e. The lowest BCUT2D eigenvalue weighted by Crippen LogP contribution is -1.95. The molecule has 0 radical (unpaired) electrons. The number of hydrogen-bond acceptors (Lipinski definition) is 1. The molecule has 0 fully saturated rings. The smallest absolute Gasteiger partial charge is 0.122 e. The van der Waals surface area contributed by atoms with Crippen molar-refractivity contribution in [2.24, 2.45) is 0 Å². The van der Waals surface area contributed by atoms with Crippen LogP contribution in [0, 0.1) is 0 Å². The van der Waals surface area contributed by atoms with Crippen molar-refractivity contribution in [2.45, 2.75) is 40.7 Å². The minimum atomic E-state index is -0.217. The minimum absolute atomic E-state index is 0.217. The maximum absolute atomic E-state index is 13.0. The van der Waals surface area contributed by atoms with Gasteiger partial charge in [-0.15, -0.1) is 0 Å². The Morgan fingerprint density at radius 1 is 1.10 bits per heavy atom. The second-order valence-electron chi connectivity index (χ2n) is 4.90. The van der Waals surface area contributed by atoms with E-state index in [0.717, 1.165) is 23.3 Å². The number of ether oxygens (including phenoxy) is 1. The molecule has 108 valence electrons. The molecule has 0 bridgehead atoms. The molecule has 0 aliphatic heterocycles. The molecule has 1 aromatic carbocycles. The van der Waals surface area contributed by atoms with E-state index in [4.69, 9.17) is 4.74 Å². The number of halogens is 1. The molecule has 1 rings (SSSR count). The largest absolute Gasteiger partial charge is 0.489 e. The van der Waals surface area contributed by atoms with Crippen molar-refractivity contribution in [1.29, 1.82) is 0 Å². The first-order valence-corrected chi connectivity index (χ1v) is 6.91. The quantitative estimate of drug-likeness (QED) is 0.477. The summed E-state index contributed by atoms with van der Waals surface area (Å²) in [5.41, 5.74) is 3.10. The van der Waals surface area contributed by atoms with E-state index in [1.54, 1.807) is 0 Å². The van der Waals surface area contributed by atoms with Gasteiger partial charge in [-0.2, -0.15) is 0 Å². The van der Waals surface area contributed by atoms with Crippen molar-refractivity contribution in [3.05, 3.63) is 70.8 Å². The van der Waals surface area contributed by atoms with E-state index in [-0.39, 0.29) is 5.83 Å². The van der Waals surface area contributed by atoms with E-state index in [1.165, 1.54) is 18.6 Å². The highest BCUT2D eigenvalue weighted by molar-refractivity contribution is 5.30. The first-order chi connectivity index (χ1) is 9.52. The first kappa shape index (κ1) is 16.2. The Balaban J connectivity index is 2.92. The second-order valence-corrected chi connectivity index (χ2v) is 4.90. The third-order valence-electron chi connectivity index (χ3n) is 2.98. The predicted molar refractivity (Wildman–Crippen MR) is 82.8 cm³/mol. The molecule has 0 aromatic heterocycles. The van der Waals surface area contributed by atoms with Gasteiger partial charge in [0.2, 0.25) is 0 Å². The monoisotopic (exact) mass is 274 g/mol. The molecular weight excluding hydrogens is 251 g/mol. The Kier molecular flexibility index (Phi) is 6.78. The Morgan fingerprint density at radius 3 is 2.30 bits per heavy atom. The summed E-state index contributed by atoms with van der Waals surface area (Å²) >= 11 is 0. The third kappa shape index (κ3) is 5.87. The van der Waals surface area contributed by atoms with Gasteiger partial charge in [0.25, 0.3) is 0 Å². The normalized spacial score (nSPS) is 14.1. The molecule has 0 unspecified atom stereocenters. The summed E-state index contributed by atoms with van der Waals surface area (Å²) < 4.78 is 18.9. The van der Waals surface area contributed by atoms with Crippen LogP contribution >= 0.6 is 0 Å². The number of allylic oxidation sites excluding steroid dienone is 5. The van der Waals surface area contributed by atoms with Crippen LogP contribution in [-0.2, 0) is 11.3 Å². The average molecular weight is 274 g/mol. The van der Waals surface area contributed by atoms with Crippen LogP contribution in [0.25, 0.3) is 0 Å². The molecule has 0 saturated carbocycles. The SMILES string of the molecule is CC/C(C)=C/C(OCc1ccccc1)=C(C)\C=C(/C)F. The van der Waals surface area contributed by atoms with Crippen LogP contribution < -0.4 is 0 Å². The van der Waals surface area contributed by atoms with E-state index in [9.17, 15) is 4.39 Å². The lowest BCUT2D eigenvalue weighted by molar-refractivity contribution is 0.208. The van der Waals surface area contributed by atoms with Gasteiger partial charge in [-0.25, -0.2) is 4.39 Å². The van der Waals surface area contributed by atoms with E-state index in [2.05, 4.69) is 6.92 Å². The molecule has 0 N–H and O–H groups in total. The summed E-state index contributed by atoms with van der Waals surface area (Å²) in [7, 11) is 0. The third-order valence-corrected chi connectivity index (χ3v) is 2.98. The van der Waals surface area contributed by atoms with Crippen LogP contribution in [0.3, 0.4) is 0 Å². The van der Waals surface area contributed by atoms with Gasteiger partial charge in [0.05, 0.1) is 5.83 Å². The first-order valence-electron chi connectivity index (χ1n) is 6.91. The van der Waals surface area contributed by atoms with Gasteiger partial charge in [0, 0.05) is 0 Å². The van der Waals surface area contributed by atoms with E-state index >= 15 is 0 Å².